The molecule has 2 aromatic carbocycles. The maximum atomic E-state index is 12.7. The largest absolute Gasteiger partial charge is 0.493 e. The summed E-state index contributed by atoms with van der Waals surface area (Å²) in [4.78, 5) is 14.5. The summed E-state index contributed by atoms with van der Waals surface area (Å²) < 4.78 is 11.1. The van der Waals surface area contributed by atoms with Crippen LogP contribution in [-0.4, -0.2) is 26.2 Å². The van der Waals surface area contributed by atoms with Gasteiger partial charge in [0.05, 0.1) is 7.11 Å². The summed E-state index contributed by atoms with van der Waals surface area (Å²) in [6, 6.07) is 11.4. The Morgan fingerprint density at radius 2 is 2.15 bits per heavy atom. The molecule has 0 aromatic heterocycles. The zero-order valence-corrected chi connectivity index (χ0v) is 15.0. The lowest BCUT2D eigenvalue weighted by atomic mass is 10.00. The second-order valence-electron chi connectivity index (χ2n) is 6.26. The van der Waals surface area contributed by atoms with Crippen molar-refractivity contribution in [3.63, 3.8) is 0 Å². The molecule has 0 bridgehead atoms. The lowest BCUT2D eigenvalue weighted by molar-refractivity contribution is -0.120. The molecule has 0 radical (unpaired) electrons. The van der Waals surface area contributed by atoms with Gasteiger partial charge in [-0.15, -0.1) is 6.58 Å². The second kappa shape index (κ2) is 7.95. The Balaban J connectivity index is 1.72. The molecular weight excluding hydrogens is 328 g/mol. The van der Waals surface area contributed by atoms with E-state index in [2.05, 4.69) is 6.58 Å². The number of ether oxygens (including phenoxy) is 2. The van der Waals surface area contributed by atoms with E-state index in [4.69, 9.17) is 15.2 Å². The summed E-state index contributed by atoms with van der Waals surface area (Å²) in [6.45, 7) is 4.36. The molecule has 1 aliphatic rings. The molecule has 2 aromatic rings. The zero-order valence-electron chi connectivity index (χ0n) is 15.0. The van der Waals surface area contributed by atoms with Crippen LogP contribution >= 0.6 is 0 Å². The third kappa shape index (κ3) is 3.67. The summed E-state index contributed by atoms with van der Waals surface area (Å²) in [7, 11) is 1.59. The molecule has 0 spiro atoms. The Labute approximate surface area is 154 Å². The second-order valence-corrected chi connectivity index (χ2v) is 6.26. The molecule has 3 rings (SSSR count). The molecule has 0 unspecified atom stereocenters. The highest BCUT2D eigenvalue weighted by atomic mass is 16.5. The van der Waals surface area contributed by atoms with Gasteiger partial charge in [0.25, 0.3) is 5.91 Å². The minimum atomic E-state index is -0.0891. The number of amides is 1. The normalized spacial score (nSPS) is 13.0. The van der Waals surface area contributed by atoms with Gasteiger partial charge in [0.2, 0.25) is 0 Å². The number of allylic oxidation sites excluding steroid dienone is 1. The van der Waals surface area contributed by atoms with E-state index in [9.17, 15) is 4.79 Å². The van der Waals surface area contributed by atoms with Crippen LogP contribution in [0.3, 0.4) is 0 Å². The topological polar surface area (TPSA) is 64.8 Å². The van der Waals surface area contributed by atoms with E-state index >= 15 is 0 Å². The van der Waals surface area contributed by atoms with Crippen molar-refractivity contribution in [3.8, 4) is 11.5 Å². The van der Waals surface area contributed by atoms with Gasteiger partial charge in [0, 0.05) is 17.9 Å². The molecule has 5 nitrogen and oxygen atoms in total. The van der Waals surface area contributed by atoms with Gasteiger partial charge in [0.1, 0.15) is 0 Å². The molecule has 1 aliphatic heterocycles. The maximum absolute atomic E-state index is 12.7. The molecule has 1 amide bonds. The van der Waals surface area contributed by atoms with Gasteiger partial charge >= 0.3 is 0 Å². The van der Waals surface area contributed by atoms with E-state index in [1.54, 1.807) is 12.0 Å². The summed E-state index contributed by atoms with van der Waals surface area (Å²) >= 11 is 0. The van der Waals surface area contributed by atoms with Crippen LogP contribution in [0, 0.1) is 0 Å². The number of carbonyl (C=O) groups is 1. The van der Waals surface area contributed by atoms with Crippen molar-refractivity contribution in [2.75, 3.05) is 30.9 Å². The van der Waals surface area contributed by atoms with Gasteiger partial charge in [-0.25, -0.2) is 0 Å². The Morgan fingerprint density at radius 3 is 2.92 bits per heavy atom. The van der Waals surface area contributed by atoms with Crippen molar-refractivity contribution in [1.82, 2.24) is 0 Å². The van der Waals surface area contributed by atoms with Crippen LogP contribution in [0.2, 0.25) is 0 Å². The fourth-order valence-electron chi connectivity index (χ4n) is 3.25. The fourth-order valence-corrected chi connectivity index (χ4v) is 3.25. The highest BCUT2D eigenvalue weighted by Crippen LogP contribution is 2.32. The van der Waals surface area contributed by atoms with E-state index in [-0.39, 0.29) is 12.5 Å². The quantitative estimate of drug-likeness (QED) is 0.639. The highest BCUT2D eigenvalue weighted by Gasteiger charge is 2.24. The number of carbonyl (C=O) groups excluding carboxylic acids is 1. The number of fused-ring (bicyclic) bond motifs is 1. The summed E-state index contributed by atoms with van der Waals surface area (Å²) in [5, 5.41) is 0. The summed E-state index contributed by atoms with van der Waals surface area (Å²) in [6.07, 6.45) is 4.37. The van der Waals surface area contributed by atoms with Gasteiger partial charge in [-0.3, -0.25) is 4.79 Å². The Hall–Kier alpha value is -2.95. The number of rotatable bonds is 6. The molecule has 0 saturated heterocycles. The molecule has 136 valence electrons. The van der Waals surface area contributed by atoms with Crippen molar-refractivity contribution in [1.29, 1.82) is 0 Å². The first-order valence-electron chi connectivity index (χ1n) is 8.72. The first-order valence-corrected chi connectivity index (χ1v) is 8.72. The van der Waals surface area contributed by atoms with Gasteiger partial charge in [-0.2, -0.15) is 0 Å². The Morgan fingerprint density at radius 1 is 1.31 bits per heavy atom. The molecule has 2 N–H and O–H groups in total. The van der Waals surface area contributed by atoms with E-state index in [0.29, 0.717) is 18.0 Å². The average Bonchev–Trinajstić information content (AvgIpc) is 2.66. The number of nitrogen functional groups attached to an aromatic ring is 1. The molecule has 0 atom stereocenters. The fraction of sp³-hybridized carbons (Fsp3) is 0.286. The molecule has 5 heteroatoms. The monoisotopic (exact) mass is 352 g/mol. The van der Waals surface area contributed by atoms with Crippen LogP contribution in [0.25, 0.3) is 0 Å². The smallest absolute Gasteiger partial charge is 0.264 e. The molecular formula is C21H24N2O3. The van der Waals surface area contributed by atoms with Crippen LogP contribution in [0.1, 0.15) is 17.5 Å². The van der Waals surface area contributed by atoms with E-state index in [1.165, 1.54) is 0 Å². The lowest BCUT2D eigenvalue weighted by Gasteiger charge is -2.30. The van der Waals surface area contributed by atoms with Crippen LogP contribution in [0.15, 0.2) is 49.1 Å². The SMILES string of the molecule is C=CCc1ccc(OCC(=O)N2CCCc3c(N)cccc32)c(OC)c1. The highest BCUT2D eigenvalue weighted by molar-refractivity contribution is 5.96. The van der Waals surface area contributed by atoms with Crippen molar-refractivity contribution in [2.24, 2.45) is 0 Å². The van der Waals surface area contributed by atoms with Crippen molar-refractivity contribution >= 4 is 17.3 Å². The number of nitrogens with two attached hydrogens (primary N) is 1. The van der Waals surface area contributed by atoms with E-state index < -0.39 is 0 Å². The molecule has 0 fully saturated rings. The zero-order chi connectivity index (χ0) is 18.5. The number of hydrogen-bond acceptors (Lipinski definition) is 4. The third-order valence-corrected chi connectivity index (χ3v) is 4.55. The predicted molar refractivity (Wildman–Crippen MR) is 104 cm³/mol. The van der Waals surface area contributed by atoms with Gasteiger partial charge < -0.3 is 20.1 Å². The lowest BCUT2D eigenvalue weighted by Crippen LogP contribution is -2.38. The number of benzene rings is 2. The molecule has 0 saturated carbocycles. The van der Waals surface area contributed by atoms with Gasteiger partial charge in [-0.1, -0.05) is 18.2 Å². The standard InChI is InChI=1S/C21H24N2O3/c1-3-6-15-10-11-19(20(13-15)25-2)26-14-21(24)23-12-5-7-16-17(22)8-4-9-18(16)23/h3-4,8-11,13H,1,5-7,12,14,22H2,2H3. The number of nitrogens with zero attached hydrogens (tertiary/aromatic N) is 1. The molecule has 0 aliphatic carbocycles. The number of methoxy groups -OCH3 is 1. The van der Waals surface area contributed by atoms with E-state index in [0.717, 1.165) is 41.8 Å². The summed E-state index contributed by atoms with van der Waals surface area (Å²) in [5.74, 6) is 1.08. The minimum Gasteiger partial charge on any atom is -0.493 e. The summed E-state index contributed by atoms with van der Waals surface area (Å²) in [5.41, 5.74) is 9.80. The van der Waals surface area contributed by atoms with Crippen molar-refractivity contribution in [2.45, 2.75) is 19.3 Å². The Kier molecular flexibility index (Phi) is 5.46. The van der Waals surface area contributed by atoms with Crippen LogP contribution in [0.4, 0.5) is 11.4 Å². The third-order valence-electron chi connectivity index (χ3n) is 4.55. The Bertz CT molecular complexity index is 817. The first kappa shape index (κ1) is 17.9. The van der Waals surface area contributed by atoms with Crippen molar-refractivity contribution in [3.05, 3.63) is 60.2 Å². The average molecular weight is 352 g/mol. The maximum Gasteiger partial charge on any atom is 0.264 e. The number of hydrogen-bond donors (Lipinski definition) is 1. The van der Waals surface area contributed by atoms with Crippen LogP contribution in [0.5, 0.6) is 11.5 Å². The van der Waals surface area contributed by atoms with E-state index in [1.807, 2.05) is 42.5 Å². The van der Waals surface area contributed by atoms with Crippen molar-refractivity contribution < 1.29 is 14.3 Å². The van der Waals surface area contributed by atoms with Gasteiger partial charge in [-0.05, 0) is 54.7 Å². The van der Waals surface area contributed by atoms with Crippen LogP contribution in [-0.2, 0) is 17.6 Å². The molecule has 1 heterocycles. The predicted octanol–water partition coefficient (Wildman–Crippen LogP) is 3.36. The first-order chi connectivity index (χ1) is 12.6. The molecule has 26 heavy (non-hydrogen) atoms. The van der Waals surface area contributed by atoms with Crippen LogP contribution < -0.4 is 20.1 Å². The van der Waals surface area contributed by atoms with Gasteiger partial charge in [0.15, 0.2) is 18.1 Å². The number of anilines is 2. The minimum absolute atomic E-state index is 0.0502.